The predicted molar refractivity (Wildman–Crippen MR) is 150 cm³/mol. The molecule has 4 aliphatic carbocycles. The molecular weight excluding hydrogens is 590 g/mol. The molecule has 1 aliphatic heterocycles. The smallest absolute Gasteiger partial charge is 0.317 e. The van der Waals surface area contributed by atoms with E-state index in [-0.39, 0.29) is 23.7 Å². The molecule has 0 radical (unpaired) electrons. The number of carbonyl (C=O) groups excluding carboxylic acids is 3. The number of ether oxygens (including phenoxy) is 2. The molecule has 0 unspecified atom stereocenters. The maximum atomic E-state index is 13.5. The largest absolute Gasteiger partial charge is 0.493 e. The van der Waals surface area contributed by atoms with Crippen molar-refractivity contribution in [3.63, 3.8) is 0 Å². The fraction of sp³-hybridized carbons (Fsp3) is 0.414. The van der Waals surface area contributed by atoms with Crippen molar-refractivity contribution in [2.45, 2.75) is 45.1 Å². The molecule has 9 heteroatoms. The standard InChI is InChI=1S/C29H27BrClNO5S/c1-36-23-10-16(11-24-26(33)32(28(35)38-24)15-20-4-2-3-5-22(20)31)9-21(30)25(23)37-27(34)29-12-17-6-18(13-29)8-19(7-17)14-29/h2-5,9-11,17-19H,6-8,12-15H2,1H3/b24-11-. The highest BCUT2D eigenvalue weighted by molar-refractivity contribution is 9.10. The number of esters is 1. The summed E-state index contributed by atoms with van der Waals surface area (Å²) in [7, 11) is 1.52. The van der Waals surface area contributed by atoms with Crippen molar-refractivity contribution in [3.8, 4) is 11.5 Å². The van der Waals surface area contributed by atoms with Crippen LogP contribution in [0.15, 0.2) is 45.8 Å². The topological polar surface area (TPSA) is 72.9 Å². The summed E-state index contributed by atoms with van der Waals surface area (Å²) in [6, 6.07) is 10.6. The monoisotopic (exact) mass is 615 g/mol. The van der Waals surface area contributed by atoms with Gasteiger partial charge in [0.1, 0.15) is 0 Å². The Hall–Kier alpha value is -2.29. The Balaban J connectivity index is 1.22. The summed E-state index contributed by atoms with van der Waals surface area (Å²) in [4.78, 5) is 40.7. The zero-order chi connectivity index (χ0) is 26.6. The van der Waals surface area contributed by atoms with Crippen LogP contribution >= 0.6 is 39.3 Å². The molecule has 7 rings (SSSR count). The molecule has 5 fully saturated rings. The summed E-state index contributed by atoms with van der Waals surface area (Å²) in [6.07, 6.45) is 8.14. The Morgan fingerprint density at radius 3 is 2.42 bits per heavy atom. The van der Waals surface area contributed by atoms with Crippen LogP contribution in [0.2, 0.25) is 5.02 Å². The molecule has 198 valence electrons. The number of methoxy groups -OCH3 is 1. The first kappa shape index (κ1) is 26.0. The van der Waals surface area contributed by atoms with E-state index < -0.39 is 5.41 Å². The second-order valence-corrected chi connectivity index (χ2v) is 13.2. The Labute approximate surface area is 239 Å². The van der Waals surface area contributed by atoms with Gasteiger partial charge in [-0.25, -0.2) is 0 Å². The molecule has 6 nitrogen and oxygen atoms in total. The van der Waals surface area contributed by atoms with E-state index in [1.807, 2.05) is 6.07 Å². The van der Waals surface area contributed by atoms with E-state index in [9.17, 15) is 14.4 Å². The highest BCUT2D eigenvalue weighted by atomic mass is 79.9. The van der Waals surface area contributed by atoms with Crippen LogP contribution in [0.5, 0.6) is 11.5 Å². The molecule has 5 aliphatic rings. The number of carbonyl (C=O) groups is 3. The molecule has 0 atom stereocenters. The Kier molecular flexibility index (Phi) is 6.85. The number of thioether (sulfide) groups is 1. The highest BCUT2D eigenvalue weighted by Crippen LogP contribution is 2.60. The van der Waals surface area contributed by atoms with E-state index in [0.717, 1.165) is 31.0 Å². The zero-order valence-electron chi connectivity index (χ0n) is 20.9. The molecule has 2 aromatic carbocycles. The van der Waals surface area contributed by atoms with Crippen molar-refractivity contribution in [1.82, 2.24) is 4.90 Å². The lowest BCUT2D eigenvalue weighted by Gasteiger charge is -2.55. The van der Waals surface area contributed by atoms with E-state index in [0.29, 0.717) is 54.8 Å². The second kappa shape index (κ2) is 10.0. The number of halogens is 2. The minimum atomic E-state index is -0.391. The number of rotatable bonds is 6. The summed E-state index contributed by atoms with van der Waals surface area (Å²) in [5.74, 6) is 2.09. The molecular formula is C29H27BrClNO5S. The van der Waals surface area contributed by atoms with Crippen LogP contribution in [-0.2, 0) is 16.1 Å². The minimum Gasteiger partial charge on any atom is -0.493 e. The van der Waals surface area contributed by atoms with Gasteiger partial charge in [0.25, 0.3) is 11.1 Å². The van der Waals surface area contributed by atoms with Crippen LogP contribution < -0.4 is 9.47 Å². The summed E-state index contributed by atoms with van der Waals surface area (Å²) in [6.45, 7) is 0.105. The van der Waals surface area contributed by atoms with Crippen molar-refractivity contribution < 1.29 is 23.9 Å². The SMILES string of the molecule is COc1cc(/C=C2\SC(=O)N(Cc3ccccc3Cl)C2=O)cc(Br)c1OC(=O)C12CC3CC(CC(C3)C1)C2. The zero-order valence-corrected chi connectivity index (χ0v) is 24.0. The van der Waals surface area contributed by atoms with Crippen LogP contribution in [0.3, 0.4) is 0 Å². The number of amides is 2. The van der Waals surface area contributed by atoms with E-state index >= 15 is 0 Å². The van der Waals surface area contributed by atoms with Crippen LogP contribution in [0.4, 0.5) is 4.79 Å². The van der Waals surface area contributed by atoms with Gasteiger partial charge >= 0.3 is 5.97 Å². The van der Waals surface area contributed by atoms with E-state index in [2.05, 4.69) is 15.9 Å². The van der Waals surface area contributed by atoms with Crippen LogP contribution in [0.1, 0.15) is 49.7 Å². The van der Waals surface area contributed by atoms with Gasteiger partial charge in [0.2, 0.25) is 0 Å². The maximum absolute atomic E-state index is 13.5. The normalized spacial score (nSPS) is 28.9. The summed E-state index contributed by atoms with van der Waals surface area (Å²) >= 11 is 10.7. The molecule has 0 N–H and O–H groups in total. The third-order valence-corrected chi connectivity index (χ3v) is 10.2. The lowest BCUT2D eigenvalue weighted by molar-refractivity contribution is -0.161. The number of nitrogens with zero attached hydrogens (tertiary/aromatic N) is 1. The van der Waals surface area contributed by atoms with Gasteiger partial charge in [-0.1, -0.05) is 29.8 Å². The van der Waals surface area contributed by atoms with E-state index in [4.69, 9.17) is 21.1 Å². The van der Waals surface area contributed by atoms with E-state index in [1.54, 1.807) is 36.4 Å². The van der Waals surface area contributed by atoms with Crippen LogP contribution in [0.25, 0.3) is 6.08 Å². The average Bonchev–Trinajstić information content (AvgIpc) is 3.13. The lowest BCUT2D eigenvalue weighted by Crippen LogP contribution is -2.51. The number of benzene rings is 2. The fourth-order valence-electron chi connectivity index (χ4n) is 7.07. The van der Waals surface area contributed by atoms with Crippen molar-refractivity contribution in [1.29, 1.82) is 0 Å². The molecule has 1 heterocycles. The molecule has 2 aromatic rings. The third kappa shape index (κ3) is 4.69. The van der Waals surface area contributed by atoms with Crippen LogP contribution in [0, 0.1) is 23.2 Å². The number of hydrogen-bond donors (Lipinski definition) is 0. The molecule has 1 saturated heterocycles. The van der Waals surface area contributed by atoms with Gasteiger partial charge in [-0.05, 0) is 119 Å². The fourth-order valence-corrected chi connectivity index (χ4v) is 8.64. The minimum absolute atomic E-state index is 0.105. The molecule has 0 aromatic heterocycles. The van der Waals surface area contributed by atoms with Crippen LogP contribution in [-0.4, -0.2) is 29.1 Å². The summed E-state index contributed by atoms with van der Waals surface area (Å²) < 4.78 is 12.2. The van der Waals surface area contributed by atoms with Crippen molar-refractivity contribution in [2.75, 3.05) is 7.11 Å². The van der Waals surface area contributed by atoms with E-state index in [1.165, 1.54) is 31.3 Å². The molecule has 0 spiro atoms. The molecule has 4 saturated carbocycles. The third-order valence-electron chi connectivity index (χ3n) is 8.38. The molecule has 2 amide bonds. The Morgan fingerprint density at radius 2 is 1.79 bits per heavy atom. The van der Waals surface area contributed by atoms with Gasteiger partial charge in [-0.15, -0.1) is 0 Å². The van der Waals surface area contributed by atoms with Crippen molar-refractivity contribution >= 4 is 62.5 Å². The quantitative estimate of drug-likeness (QED) is 0.190. The van der Waals surface area contributed by atoms with Gasteiger partial charge in [0, 0.05) is 5.02 Å². The maximum Gasteiger partial charge on any atom is 0.317 e. The number of imide groups is 1. The number of hydrogen-bond acceptors (Lipinski definition) is 6. The highest BCUT2D eigenvalue weighted by Gasteiger charge is 2.55. The molecule has 38 heavy (non-hydrogen) atoms. The first-order chi connectivity index (χ1) is 18.2. The Morgan fingerprint density at radius 1 is 1.13 bits per heavy atom. The van der Waals surface area contributed by atoms with Gasteiger partial charge < -0.3 is 9.47 Å². The van der Waals surface area contributed by atoms with Gasteiger partial charge in [0.05, 0.1) is 28.4 Å². The summed E-state index contributed by atoms with van der Waals surface area (Å²) in [5, 5.41) is 0.149. The van der Waals surface area contributed by atoms with Gasteiger partial charge in [-0.2, -0.15) is 0 Å². The average molecular weight is 617 g/mol. The van der Waals surface area contributed by atoms with Gasteiger partial charge in [-0.3, -0.25) is 19.3 Å². The summed E-state index contributed by atoms with van der Waals surface area (Å²) in [5.41, 5.74) is 0.956. The first-order valence-corrected chi connectivity index (χ1v) is 14.8. The Bertz CT molecular complexity index is 1340. The van der Waals surface area contributed by atoms with Crippen molar-refractivity contribution in [2.24, 2.45) is 23.2 Å². The van der Waals surface area contributed by atoms with Crippen molar-refractivity contribution in [3.05, 3.63) is 61.9 Å². The van der Waals surface area contributed by atoms with Gasteiger partial charge in [0.15, 0.2) is 11.5 Å². The lowest BCUT2D eigenvalue weighted by atomic mass is 9.49. The predicted octanol–water partition coefficient (Wildman–Crippen LogP) is 7.47. The molecule has 4 bridgehead atoms. The second-order valence-electron chi connectivity index (χ2n) is 11.0. The first-order valence-electron chi connectivity index (χ1n) is 12.8.